The highest BCUT2D eigenvalue weighted by Crippen LogP contribution is 2.34. The number of hydrogen-bond donors (Lipinski definition) is 2. The molecule has 52 heavy (non-hydrogen) atoms. The summed E-state index contributed by atoms with van der Waals surface area (Å²) in [4.78, 5) is 62.1. The second-order valence-corrected chi connectivity index (χ2v) is 12.9. The van der Waals surface area contributed by atoms with Crippen molar-refractivity contribution in [2.75, 3.05) is 49.6 Å². The van der Waals surface area contributed by atoms with Gasteiger partial charge in [-0.2, -0.15) is 22.7 Å². The van der Waals surface area contributed by atoms with Crippen molar-refractivity contribution in [3.05, 3.63) is 96.0 Å². The summed E-state index contributed by atoms with van der Waals surface area (Å²) in [6, 6.07) is 7.45. The lowest BCUT2D eigenvalue weighted by molar-refractivity contribution is -0.137. The number of ether oxygens (including phenoxy) is 1. The van der Waals surface area contributed by atoms with Gasteiger partial charge in [0.1, 0.15) is 22.9 Å². The highest BCUT2D eigenvalue weighted by molar-refractivity contribution is 6.33. The largest absolute Gasteiger partial charge is 0.416 e. The first-order valence-electron chi connectivity index (χ1n) is 16.2. The summed E-state index contributed by atoms with van der Waals surface area (Å²) < 4.78 is 49.1. The molecule has 1 saturated heterocycles. The lowest BCUT2D eigenvalue weighted by Gasteiger charge is -2.36. The molecule has 0 bridgehead atoms. The quantitative estimate of drug-likeness (QED) is 0.235. The number of amides is 2. The number of rotatable bonds is 7. The van der Waals surface area contributed by atoms with Gasteiger partial charge in [0.15, 0.2) is 5.82 Å². The highest BCUT2D eigenvalue weighted by atomic mass is 35.5. The second kappa shape index (κ2) is 13.8. The number of fused-ring (bicyclic) bond motifs is 2. The molecule has 6 heterocycles. The smallest absolute Gasteiger partial charge is 0.377 e. The molecule has 19 heteroatoms. The summed E-state index contributed by atoms with van der Waals surface area (Å²) in [5.41, 5.74) is -0.298. The topological polar surface area (TPSA) is 151 Å². The first-order chi connectivity index (χ1) is 24.8. The second-order valence-electron chi connectivity index (χ2n) is 12.1. The first-order valence-corrected chi connectivity index (χ1v) is 17.0. The molecule has 5 aromatic rings. The van der Waals surface area contributed by atoms with Crippen LogP contribution in [0.5, 0.6) is 0 Å². The summed E-state index contributed by atoms with van der Waals surface area (Å²) in [7, 11) is 0. The van der Waals surface area contributed by atoms with E-state index in [1.165, 1.54) is 9.42 Å². The fraction of sp³-hybridized carbons (Fsp3) is 0.333. The van der Waals surface area contributed by atoms with Crippen molar-refractivity contribution in [1.82, 2.24) is 33.7 Å². The Balaban J connectivity index is 1.22. The number of piperazine rings is 1. The van der Waals surface area contributed by atoms with Crippen molar-refractivity contribution in [3.8, 4) is 0 Å². The van der Waals surface area contributed by atoms with Crippen LogP contribution in [0.3, 0.4) is 0 Å². The van der Waals surface area contributed by atoms with E-state index in [0.717, 1.165) is 28.3 Å². The van der Waals surface area contributed by atoms with Gasteiger partial charge < -0.3 is 24.4 Å². The third-order valence-electron chi connectivity index (χ3n) is 9.02. The number of anilines is 2. The molecule has 2 aliphatic heterocycles. The molecule has 4 aromatic heterocycles. The minimum Gasteiger partial charge on any atom is -0.377 e. The zero-order valence-electron chi connectivity index (χ0n) is 27.5. The van der Waals surface area contributed by atoms with E-state index in [0.29, 0.717) is 36.7 Å². The number of alkyl halides is 3. The number of carbonyl (C=O) groups is 2. The zero-order valence-corrected chi connectivity index (χ0v) is 29.0. The van der Waals surface area contributed by atoms with Crippen LogP contribution < -0.4 is 21.3 Å². The van der Waals surface area contributed by atoms with E-state index in [1.807, 2.05) is 13.0 Å². The molecule has 0 saturated carbocycles. The van der Waals surface area contributed by atoms with Gasteiger partial charge in [0, 0.05) is 26.2 Å². The van der Waals surface area contributed by atoms with E-state index in [2.05, 4.69) is 20.5 Å². The molecular weight excluding hydrogens is 730 g/mol. The summed E-state index contributed by atoms with van der Waals surface area (Å²) in [6.45, 7) is 2.96. The molecule has 0 atom stereocenters. The van der Waals surface area contributed by atoms with Gasteiger partial charge in [0.2, 0.25) is 11.7 Å². The Bertz CT molecular complexity index is 2390. The van der Waals surface area contributed by atoms with Gasteiger partial charge >= 0.3 is 6.18 Å². The third kappa shape index (κ3) is 6.43. The number of pyridine rings is 1. The highest BCUT2D eigenvalue weighted by Gasteiger charge is 2.33. The maximum absolute atomic E-state index is 14.2. The van der Waals surface area contributed by atoms with Crippen molar-refractivity contribution in [3.63, 3.8) is 0 Å². The van der Waals surface area contributed by atoms with Crippen LogP contribution in [0.4, 0.5) is 24.5 Å². The lowest BCUT2D eigenvalue weighted by Crippen LogP contribution is -2.51. The Labute approximate surface area is 302 Å². The molecule has 2 amide bonds. The molecule has 0 radical (unpaired) electrons. The van der Waals surface area contributed by atoms with Crippen LogP contribution in [-0.4, -0.2) is 84.9 Å². The summed E-state index contributed by atoms with van der Waals surface area (Å²) in [5.74, 6) is -0.740. The minimum atomic E-state index is -4.62. The molecule has 1 aromatic carbocycles. The number of aromatic nitrogens is 6. The number of hydrogen-bond acceptors (Lipinski definition) is 8. The van der Waals surface area contributed by atoms with Crippen LogP contribution in [0.25, 0.3) is 16.9 Å². The van der Waals surface area contributed by atoms with Gasteiger partial charge in [-0.1, -0.05) is 42.3 Å². The van der Waals surface area contributed by atoms with Crippen LogP contribution in [0, 0.1) is 0 Å². The zero-order chi connectivity index (χ0) is 36.9. The van der Waals surface area contributed by atoms with E-state index < -0.39 is 34.7 Å². The summed E-state index contributed by atoms with van der Waals surface area (Å²) in [5, 5.41) is 9.62. The number of aromatic amines is 1. The van der Waals surface area contributed by atoms with Gasteiger partial charge in [0.05, 0.1) is 40.7 Å². The number of H-pyrrole nitrogens is 1. The van der Waals surface area contributed by atoms with E-state index >= 15 is 0 Å². The first kappa shape index (κ1) is 35.3. The molecule has 2 N–H and O–H groups in total. The van der Waals surface area contributed by atoms with Crippen molar-refractivity contribution in [2.45, 2.75) is 32.5 Å². The van der Waals surface area contributed by atoms with E-state index in [1.54, 1.807) is 27.7 Å². The Hall–Kier alpha value is -5.13. The van der Waals surface area contributed by atoms with Crippen LogP contribution >= 0.6 is 23.2 Å². The SMILES string of the molecule is CCc1c(N2CCN(C(=O)c3c(=O)[nH]n4c(Cl)cccc34)CC2)c(=O)n2nc(C3=CCOCC3)nc2n1CC(=O)Nc1ccc(C(F)(F)F)cc1Cl. The number of nitrogens with one attached hydrogen (secondary N) is 2. The number of nitrogens with zero attached hydrogens (tertiary/aromatic N) is 7. The van der Waals surface area contributed by atoms with Gasteiger partial charge in [-0.3, -0.25) is 24.3 Å². The lowest BCUT2D eigenvalue weighted by atomic mass is 10.1. The fourth-order valence-electron chi connectivity index (χ4n) is 6.48. The van der Waals surface area contributed by atoms with Gasteiger partial charge in [-0.25, -0.2) is 4.52 Å². The van der Waals surface area contributed by atoms with Crippen molar-refractivity contribution < 1.29 is 27.5 Å². The molecule has 0 aliphatic carbocycles. The number of carbonyl (C=O) groups excluding carboxylic acids is 2. The van der Waals surface area contributed by atoms with Crippen LogP contribution in [0.15, 0.2) is 52.1 Å². The predicted molar refractivity (Wildman–Crippen MR) is 186 cm³/mol. The monoisotopic (exact) mass is 759 g/mol. The van der Waals surface area contributed by atoms with Crippen LogP contribution in [0.2, 0.25) is 10.2 Å². The van der Waals surface area contributed by atoms with E-state index in [9.17, 15) is 32.3 Å². The van der Waals surface area contributed by atoms with Crippen molar-refractivity contribution in [2.24, 2.45) is 0 Å². The molecule has 0 spiro atoms. The molecule has 14 nitrogen and oxygen atoms in total. The Morgan fingerprint density at radius 1 is 1.08 bits per heavy atom. The Kier molecular flexibility index (Phi) is 9.35. The Morgan fingerprint density at radius 2 is 1.85 bits per heavy atom. The average molecular weight is 761 g/mol. The normalized spacial score (nSPS) is 15.4. The molecule has 2 aliphatic rings. The standard InChI is InChI=1S/C33H30Cl2F3N9O5/c1-2-22-27(43-10-12-44(13-11-43)30(50)26-23-4-3-5-24(35)46(23)42-29(26)49)31(51)47-32(40-28(41-47)18-8-14-52-15-9-18)45(22)17-25(48)39-21-7-6-19(16-20(21)34)33(36,37)38/h3-8,16H,2,9-15,17H2,1H3,(H,39,48)(H,42,49). The van der Waals surface area contributed by atoms with Gasteiger partial charge in [0.25, 0.3) is 17.0 Å². The van der Waals surface area contributed by atoms with Crippen LogP contribution in [-0.2, 0) is 28.7 Å². The summed E-state index contributed by atoms with van der Waals surface area (Å²) in [6.07, 6.45) is -2.02. The maximum Gasteiger partial charge on any atom is 0.416 e. The number of benzene rings is 1. The third-order valence-corrected chi connectivity index (χ3v) is 9.63. The molecule has 0 unspecified atom stereocenters. The molecule has 1 fully saturated rings. The van der Waals surface area contributed by atoms with E-state index in [4.69, 9.17) is 27.9 Å². The average Bonchev–Trinajstić information content (AvgIpc) is 3.72. The van der Waals surface area contributed by atoms with Gasteiger partial charge in [-0.15, -0.1) is 5.10 Å². The maximum atomic E-state index is 14.2. The predicted octanol–water partition coefficient (Wildman–Crippen LogP) is 4.12. The number of halogens is 5. The van der Waals surface area contributed by atoms with Crippen LogP contribution in [0.1, 0.15) is 40.8 Å². The van der Waals surface area contributed by atoms with Crippen molar-refractivity contribution >= 4 is 63.3 Å². The van der Waals surface area contributed by atoms with E-state index in [-0.39, 0.29) is 72.0 Å². The minimum absolute atomic E-state index is 0.0255. The molecule has 7 rings (SSSR count). The Morgan fingerprint density at radius 3 is 2.52 bits per heavy atom. The molecule has 272 valence electrons. The molecular formula is C33H30Cl2F3N9O5. The van der Waals surface area contributed by atoms with Crippen molar-refractivity contribution in [1.29, 1.82) is 0 Å². The van der Waals surface area contributed by atoms with Gasteiger partial charge in [-0.05, 0) is 48.7 Å². The fourth-order valence-corrected chi connectivity index (χ4v) is 6.92. The summed E-state index contributed by atoms with van der Waals surface area (Å²) >= 11 is 12.3.